The van der Waals surface area contributed by atoms with Crippen LogP contribution in [0.4, 0.5) is 10.2 Å². The lowest BCUT2D eigenvalue weighted by atomic mass is 10.0. The maximum Gasteiger partial charge on any atom is 0.219 e. The van der Waals surface area contributed by atoms with Gasteiger partial charge < -0.3 is 14.8 Å². The van der Waals surface area contributed by atoms with Gasteiger partial charge in [0.15, 0.2) is 11.6 Å². The van der Waals surface area contributed by atoms with Crippen LogP contribution in [0.5, 0.6) is 0 Å². The van der Waals surface area contributed by atoms with Gasteiger partial charge >= 0.3 is 0 Å². The van der Waals surface area contributed by atoms with E-state index in [1.165, 1.54) is 13.1 Å². The number of nitrogens with zero attached hydrogens (tertiary/aromatic N) is 5. The molecule has 124 valence electrons. The van der Waals surface area contributed by atoms with E-state index in [0.717, 1.165) is 11.8 Å². The summed E-state index contributed by atoms with van der Waals surface area (Å²) in [5.41, 5.74) is 1.00. The van der Waals surface area contributed by atoms with E-state index in [0.29, 0.717) is 13.1 Å². The van der Waals surface area contributed by atoms with E-state index in [4.69, 9.17) is 5.26 Å². The fraction of sp³-hybridized carbons (Fsp3) is 0.375. The van der Waals surface area contributed by atoms with Gasteiger partial charge in [-0.25, -0.2) is 14.4 Å². The summed E-state index contributed by atoms with van der Waals surface area (Å²) >= 11 is 0. The molecule has 2 aromatic rings. The van der Waals surface area contributed by atoms with Gasteiger partial charge in [0.25, 0.3) is 0 Å². The zero-order valence-corrected chi connectivity index (χ0v) is 13.4. The monoisotopic (exact) mass is 328 g/mol. The van der Waals surface area contributed by atoms with Gasteiger partial charge in [-0.3, -0.25) is 4.79 Å². The number of pyridine rings is 1. The van der Waals surface area contributed by atoms with Crippen molar-refractivity contribution in [1.29, 1.82) is 5.26 Å². The Bertz CT molecular complexity index is 811. The number of aryl methyl sites for hydroxylation is 1. The first-order valence-electron chi connectivity index (χ1n) is 7.53. The predicted octanol–water partition coefficient (Wildman–Crippen LogP) is 1.25. The maximum absolute atomic E-state index is 14.1. The van der Waals surface area contributed by atoms with E-state index in [1.807, 2.05) is 23.9 Å². The Hall–Kier alpha value is -2.95. The van der Waals surface area contributed by atoms with E-state index in [9.17, 15) is 9.18 Å². The van der Waals surface area contributed by atoms with E-state index < -0.39 is 5.82 Å². The van der Waals surface area contributed by atoms with Crippen LogP contribution >= 0.6 is 0 Å². The molecule has 0 aromatic carbocycles. The normalized spacial score (nSPS) is 20.0. The van der Waals surface area contributed by atoms with Crippen molar-refractivity contribution in [2.45, 2.75) is 18.9 Å². The molecule has 24 heavy (non-hydrogen) atoms. The molecule has 1 saturated heterocycles. The van der Waals surface area contributed by atoms with Crippen molar-refractivity contribution in [2.24, 2.45) is 7.05 Å². The summed E-state index contributed by atoms with van der Waals surface area (Å²) in [7, 11) is 1.87. The van der Waals surface area contributed by atoms with Gasteiger partial charge in [-0.15, -0.1) is 0 Å². The number of carbonyl (C=O) groups is 1. The minimum absolute atomic E-state index is 0.0338. The van der Waals surface area contributed by atoms with Crippen LogP contribution in [0.3, 0.4) is 0 Å². The SMILES string of the molecule is CC(=O)N1C[C@@H](Nc2ncc(C#N)cc2F)[C@H](c2cn(C)cn2)C1. The van der Waals surface area contributed by atoms with Crippen molar-refractivity contribution in [2.75, 3.05) is 18.4 Å². The third-order valence-corrected chi connectivity index (χ3v) is 4.16. The van der Waals surface area contributed by atoms with Crippen molar-refractivity contribution < 1.29 is 9.18 Å². The van der Waals surface area contributed by atoms with Crippen molar-refractivity contribution in [3.8, 4) is 6.07 Å². The number of amides is 1. The second kappa shape index (κ2) is 6.28. The molecule has 2 aromatic heterocycles. The largest absolute Gasteiger partial charge is 0.362 e. The summed E-state index contributed by atoms with van der Waals surface area (Å²) in [6.45, 7) is 2.47. The summed E-state index contributed by atoms with van der Waals surface area (Å²) in [6.07, 6.45) is 4.91. The summed E-state index contributed by atoms with van der Waals surface area (Å²) in [4.78, 5) is 21.8. The number of halogens is 1. The number of anilines is 1. The Kier molecular flexibility index (Phi) is 4.16. The number of hydrogen-bond donors (Lipinski definition) is 1. The average molecular weight is 328 g/mol. The topological polar surface area (TPSA) is 86.8 Å². The summed E-state index contributed by atoms with van der Waals surface area (Å²) in [5, 5.41) is 11.9. The molecule has 0 unspecified atom stereocenters. The third kappa shape index (κ3) is 3.06. The number of nitriles is 1. The molecule has 0 aliphatic carbocycles. The summed E-state index contributed by atoms with van der Waals surface area (Å²) in [5.74, 6) is -0.610. The van der Waals surface area contributed by atoms with Crippen molar-refractivity contribution in [1.82, 2.24) is 19.4 Å². The minimum Gasteiger partial charge on any atom is -0.362 e. The Morgan fingerprint density at radius 1 is 1.46 bits per heavy atom. The first-order valence-corrected chi connectivity index (χ1v) is 7.53. The van der Waals surface area contributed by atoms with Gasteiger partial charge in [-0.05, 0) is 6.07 Å². The molecule has 2 atom stereocenters. The molecule has 8 heteroatoms. The van der Waals surface area contributed by atoms with Gasteiger partial charge in [-0.1, -0.05) is 0 Å². The fourth-order valence-electron chi connectivity index (χ4n) is 2.91. The van der Waals surface area contributed by atoms with Gasteiger partial charge in [-0.2, -0.15) is 5.26 Å². The lowest BCUT2D eigenvalue weighted by Crippen LogP contribution is -2.31. The Morgan fingerprint density at radius 3 is 2.83 bits per heavy atom. The quantitative estimate of drug-likeness (QED) is 0.916. The first-order chi connectivity index (χ1) is 11.5. The van der Waals surface area contributed by atoms with Crippen LogP contribution in [0.2, 0.25) is 0 Å². The predicted molar refractivity (Wildman–Crippen MR) is 84.5 cm³/mol. The lowest BCUT2D eigenvalue weighted by Gasteiger charge is -2.19. The van der Waals surface area contributed by atoms with Gasteiger partial charge in [0, 0.05) is 45.4 Å². The molecule has 1 fully saturated rings. The van der Waals surface area contributed by atoms with E-state index in [1.54, 1.807) is 11.2 Å². The summed E-state index contributed by atoms with van der Waals surface area (Å²) < 4.78 is 15.9. The van der Waals surface area contributed by atoms with E-state index in [-0.39, 0.29) is 29.2 Å². The molecule has 0 radical (unpaired) electrons. The molecule has 0 bridgehead atoms. The van der Waals surface area contributed by atoms with Crippen molar-refractivity contribution in [3.05, 3.63) is 41.9 Å². The summed E-state index contributed by atoms with van der Waals surface area (Å²) in [6, 6.07) is 2.78. The van der Waals surface area contributed by atoms with Crippen LogP contribution in [0.25, 0.3) is 0 Å². The van der Waals surface area contributed by atoms with Crippen LogP contribution in [0.1, 0.15) is 24.1 Å². The first kappa shape index (κ1) is 15.9. The molecule has 7 nitrogen and oxygen atoms in total. The minimum atomic E-state index is -0.588. The molecule has 1 aliphatic rings. The molecule has 3 heterocycles. The van der Waals surface area contributed by atoms with E-state index >= 15 is 0 Å². The van der Waals surface area contributed by atoms with Crippen molar-refractivity contribution in [3.63, 3.8) is 0 Å². The lowest BCUT2D eigenvalue weighted by molar-refractivity contribution is -0.127. The number of imidazole rings is 1. The second-order valence-corrected chi connectivity index (χ2v) is 5.91. The number of carbonyl (C=O) groups excluding carboxylic acids is 1. The Morgan fingerprint density at radius 2 is 2.25 bits per heavy atom. The van der Waals surface area contributed by atoms with Crippen LogP contribution in [0.15, 0.2) is 24.8 Å². The molecular formula is C16H17FN6O. The molecule has 0 saturated carbocycles. The number of likely N-dealkylation sites (tertiary alicyclic amines) is 1. The zero-order chi connectivity index (χ0) is 17.3. The van der Waals surface area contributed by atoms with Crippen LogP contribution in [0, 0.1) is 17.1 Å². The average Bonchev–Trinajstić information content (AvgIpc) is 3.15. The van der Waals surface area contributed by atoms with Gasteiger partial charge in [0.05, 0.1) is 23.6 Å². The van der Waals surface area contributed by atoms with Crippen LogP contribution in [-0.2, 0) is 11.8 Å². The maximum atomic E-state index is 14.1. The molecule has 1 N–H and O–H groups in total. The fourth-order valence-corrected chi connectivity index (χ4v) is 2.91. The second-order valence-electron chi connectivity index (χ2n) is 5.91. The standard InChI is InChI=1S/C16H17FN6O/c1-10(24)23-6-12(14-7-22(2)9-20-14)15(8-23)21-16-13(17)3-11(4-18)5-19-16/h3,5,7,9,12,15H,6,8H2,1-2H3,(H,19,21)/t12-,15+/m0/s1. The van der Waals surface area contributed by atoms with Gasteiger partial charge in [0.2, 0.25) is 5.91 Å². The molecule has 1 aliphatic heterocycles. The van der Waals surface area contributed by atoms with Crippen LogP contribution in [-0.4, -0.2) is 44.5 Å². The molecule has 3 rings (SSSR count). The molecule has 1 amide bonds. The number of nitrogens with one attached hydrogen (secondary N) is 1. The van der Waals surface area contributed by atoms with Gasteiger partial charge in [0.1, 0.15) is 6.07 Å². The highest BCUT2D eigenvalue weighted by Gasteiger charge is 2.37. The number of rotatable bonds is 3. The Balaban J connectivity index is 1.86. The number of aromatic nitrogens is 3. The smallest absolute Gasteiger partial charge is 0.219 e. The highest BCUT2D eigenvalue weighted by atomic mass is 19.1. The van der Waals surface area contributed by atoms with Crippen LogP contribution < -0.4 is 5.32 Å². The third-order valence-electron chi connectivity index (χ3n) is 4.16. The highest BCUT2D eigenvalue weighted by Crippen LogP contribution is 2.29. The van der Waals surface area contributed by atoms with Crippen molar-refractivity contribution >= 4 is 11.7 Å². The highest BCUT2D eigenvalue weighted by molar-refractivity contribution is 5.74. The van der Waals surface area contributed by atoms with E-state index in [2.05, 4.69) is 15.3 Å². The Labute approximate surface area is 138 Å². The molecular weight excluding hydrogens is 311 g/mol. The number of hydrogen-bond acceptors (Lipinski definition) is 5. The zero-order valence-electron chi connectivity index (χ0n) is 13.4. The molecule has 0 spiro atoms.